The van der Waals surface area contributed by atoms with Crippen LogP contribution in [0.25, 0.3) is 22.9 Å². The van der Waals surface area contributed by atoms with E-state index < -0.39 is 4.92 Å². The van der Waals surface area contributed by atoms with Crippen LogP contribution in [-0.4, -0.2) is 15.8 Å². The molecule has 0 radical (unpaired) electrons. The van der Waals surface area contributed by atoms with E-state index in [-0.39, 0.29) is 11.6 Å². The van der Waals surface area contributed by atoms with Crippen LogP contribution in [0.1, 0.15) is 23.9 Å². The van der Waals surface area contributed by atoms with Crippen molar-refractivity contribution >= 4 is 39.6 Å². The Bertz CT molecular complexity index is 1110. The number of allylic oxidation sites excluding steroid dienone is 1. The molecule has 0 saturated carbocycles. The number of hydrogen-bond acceptors (Lipinski definition) is 6. The Morgan fingerprint density at radius 3 is 2.52 bits per heavy atom. The zero-order valence-electron chi connectivity index (χ0n) is 15.5. The molecule has 8 heteroatoms. The maximum Gasteiger partial charge on any atom is 0.269 e. The van der Waals surface area contributed by atoms with Crippen LogP contribution in [-0.2, 0) is 4.79 Å². The van der Waals surface area contributed by atoms with Gasteiger partial charge in [0.1, 0.15) is 21.8 Å². The van der Waals surface area contributed by atoms with Gasteiger partial charge in [0.25, 0.3) is 5.69 Å². The number of nitrogens with one attached hydrogen (secondary N) is 1. The lowest BCUT2D eigenvalue weighted by Crippen LogP contribution is -2.08. The van der Waals surface area contributed by atoms with Crippen LogP contribution in [0.2, 0.25) is 0 Å². The fourth-order valence-corrected chi connectivity index (χ4v) is 3.50. The van der Waals surface area contributed by atoms with Gasteiger partial charge in [-0.25, -0.2) is 4.98 Å². The average molecular weight is 404 g/mol. The standard InChI is InChI=1S/C21H16N4O3S/c1-2-18(26)23-21-19(15-6-4-3-5-7-15)24-20(29-21)16(13-22)12-14-8-10-17(11-9-14)25(27)28/h3-12H,2H2,1H3,(H,23,26). The molecule has 2 aromatic carbocycles. The summed E-state index contributed by atoms with van der Waals surface area (Å²) in [6.45, 7) is 1.76. The van der Waals surface area contributed by atoms with Crippen molar-refractivity contribution in [2.45, 2.75) is 13.3 Å². The number of nitriles is 1. The first kappa shape index (κ1) is 19.9. The minimum Gasteiger partial charge on any atom is -0.316 e. The number of nitro groups is 1. The predicted octanol–water partition coefficient (Wildman–Crippen LogP) is 5.13. The number of carbonyl (C=O) groups is 1. The molecule has 0 saturated heterocycles. The number of aromatic nitrogens is 1. The van der Waals surface area contributed by atoms with Crippen molar-refractivity contribution in [1.82, 2.24) is 4.98 Å². The van der Waals surface area contributed by atoms with E-state index in [9.17, 15) is 20.2 Å². The van der Waals surface area contributed by atoms with Crippen molar-refractivity contribution in [3.63, 3.8) is 0 Å². The fourth-order valence-electron chi connectivity index (χ4n) is 2.53. The minimum atomic E-state index is -0.478. The van der Waals surface area contributed by atoms with Crippen LogP contribution in [0, 0.1) is 21.4 Å². The van der Waals surface area contributed by atoms with E-state index in [2.05, 4.69) is 16.4 Å². The van der Waals surface area contributed by atoms with Gasteiger partial charge in [0.05, 0.1) is 10.5 Å². The van der Waals surface area contributed by atoms with Crippen molar-refractivity contribution in [1.29, 1.82) is 5.26 Å². The molecule has 1 heterocycles. The van der Waals surface area contributed by atoms with Crippen LogP contribution in [0.3, 0.4) is 0 Å². The summed E-state index contributed by atoms with van der Waals surface area (Å²) in [4.78, 5) is 26.8. The molecule has 0 spiro atoms. The lowest BCUT2D eigenvalue weighted by molar-refractivity contribution is -0.384. The van der Waals surface area contributed by atoms with Gasteiger partial charge in [0.2, 0.25) is 5.91 Å². The highest BCUT2D eigenvalue weighted by Gasteiger charge is 2.17. The van der Waals surface area contributed by atoms with Crippen molar-refractivity contribution in [2.24, 2.45) is 0 Å². The highest BCUT2D eigenvalue weighted by molar-refractivity contribution is 7.17. The molecule has 7 nitrogen and oxygen atoms in total. The van der Waals surface area contributed by atoms with E-state index >= 15 is 0 Å². The number of rotatable bonds is 6. The smallest absolute Gasteiger partial charge is 0.269 e. The third-order valence-electron chi connectivity index (χ3n) is 4.01. The van der Waals surface area contributed by atoms with Crippen LogP contribution in [0.4, 0.5) is 10.7 Å². The van der Waals surface area contributed by atoms with E-state index in [0.29, 0.717) is 33.3 Å². The Labute approximate surface area is 171 Å². The Kier molecular flexibility index (Phi) is 6.12. The lowest BCUT2D eigenvalue weighted by atomic mass is 10.1. The van der Waals surface area contributed by atoms with Crippen LogP contribution < -0.4 is 5.32 Å². The number of benzene rings is 2. The molecule has 0 fully saturated rings. The number of nitrogens with zero attached hydrogens (tertiary/aromatic N) is 3. The van der Waals surface area contributed by atoms with Gasteiger partial charge in [-0.1, -0.05) is 48.6 Å². The molecule has 1 N–H and O–H groups in total. The molecule has 0 atom stereocenters. The molecule has 0 unspecified atom stereocenters. The van der Waals surface area contributed by atoms with E-state index in [1.165, 1.54) is 23.5 Å². The van der Waals surface area contributed by atoms with Crippen molar-refractivity contribution < 1.29 is 9.72 Å². The number of carbonyl (C=O) groups excluding carboxylic acids is 1. The minimum absolute atomic E-state index is 0.0224. The largest absolute Gasteiger partial charge is 0.316 e. The number of hydrogen-bond donors (Lipinski definition) is 1. The van der Waals surface area contributed by atoms with E-state index in [0.717, 1.165) is 5.56 Å². The van der Waals surface area contributed by atoms with Gasteiger partial charge in [-0.3, -0.25) is 14.9 Å². The van der Waals surface area contributed by atoms with Gasteiger partial charge >= 0.3 is 0 Å². The molecular weight excluding hydrogens is 388 g/mol. The molecule has 0 bridgehead atoms. The molecule has 0 aliphatic rings. The van der Waals surface area contributed by atoms with Crippen molar-refractivity contribution in [3.8, 4) is 17.3 Å². The van der Waals surface area contributed by atoms with Gasteiger partial charge in [-0.05, 0) is 23.8 Å². The quantitative estimate of drug-likeness (QED) is 0.348. The topological polar surface area (TPSA) is 109 Å². The zero-order valence-corrected chi connectivity index (χ0v) is 16.3. The summed E-state index contributed by atoms with van der Waals surface area (Å²) in [7, 11) is 0. The first-order chi connectivity index (χ1) is 14.0. The highest BCUT2D eigenvalue weighted by Crippen LogP contribution is 2.36. The van der Waals surface area contributed by atoms with E-state index in [1.807, 2.05) is 30.3 Å². The number of nitro benzene ring substituents is 1. The Hall–Kier alpha value is -3.83. The van der Waals surface area contributed by atoms with Gasteiger partial charge in [-0.2, -0.15) is 5.26 Å². The van der Waals surface area contributed by atoms with Gasteiger partial charge in [0, 0.05) is 24.1 Å². The SMILES string of the molecule is CCC(=O)Nc1sc(C(C#N)=Cc2ccc([N+](=O)[O-])cc2)nc1-c1ccccc1. The average Bonchev–Trinajstić information content (AvgIpc) is 3.16. The zero-order chi connectivity index (χ0) is 20.8. The normalized spacial score (nSPS) is 11.0. The molecule has 3 aromatic rings. The Morgan fingerprint density at radius 2 is 1.93 bits per heavy atom. The molecule has 0 aliphatic carbocycles. The molecule has 29 heavy (non-hydrogen) atoms. The number of non-ortho nitro benzene ring substituents is 1. The first-order valence-corrected chi connectivity index (χ1v) is 9.56. The summed E-state index contributed by atoms with van der Waals surface area (Å²) in [5.41, 5.74) is 2.35. The second-order valence-electron chi connectivity index (χ2n) is 5.98. The van der Waals surface area contributed by atoms with E-state index in [4.69, 9.17) is 0 Å². The molecule has 0 aliphatic heterocycles. The predicted molar refractivity (Wildman–Crippen MR) is 113 cm³/mol. The second kappa shape index (κ2) is 8.91. The number of anilines is 1. The van der Waals surface area contributed by atoms with Gasteiger partial charge < -0.3 is 5.32 Å². The summed E-state index contributed by atoms with van der Waals surface area (Å²) < 4.78 is 0. The summed E-state index contributed by atoms with van der Waals surface area (Å²) >= 11 is 1.22. The summed E-state index contributed by atoms with van der Waals surface area (Å²) in [6.07, 6.45) is 1.94. The summed E-state index contributed by atoms with van der Waals surface area (Å²) in [6, 6.07) is 17.4. The van der Waals surface area contributed by atoms with Crippen LogP contribution >= 0.6 is 11.3 Å². The highest BCUT2D eigenvalue weighted by atomic mass is 32.1. The van der Waals surface area contributed by atoms with Gasteiger partial charge in [-0.15, -0.1) is 0 Å². The Balaban J connectivity index is 2.02. The van der Waals surface area contributed by atoms with E-state index in [1.54, 1.807) is 25.1 Å². The first-order valence-electron chi connectivity index (χ1n) is 8.74. The molecule has 1 amide bonds. The number of amides is 1. The maximum atomic E-state index is 11.9. The Morgan fingerprint density at radius 1 is 1.24 bits per heavy atom. The van der Waals surface area contributed by atoms with Gasteiger partial charge in [0.15, 0.2) is 0 Å². The monoisotopic (exact) mass is 404 g/mol. The lowest BCUT2D eigenvalue weighted by Gasteiger charge is -2.03. The van der Waals surface area contributed by atoms with Crippen LogP contribution in [0.5, 0.6) is 0 Å². The number of thiazole rings is 1. The third-order valence-corrected chi connectivity index (χ3v) is 5.02. The molecular formula is C21H16N4O3S. The second-order valence-corrected chi connectivity index (χ2v) is 6.98. The van der Waals surface area contributed by atoms with Crippen molar-refractivity contribution in [2.75, 3.05) is 5.32 Å². The fraction of sp³-hybridized carbons (Fsp3) is 0.0952. The summed E-state index contributed by atoms with van der Waals surface area (Å²) in [5, 5.41) is 24.3. The molecule has 1 aromatic heterocycles. The van der Waals surface area contributed by atoms with Crippen molar-refractivity contribution in [3.05, 3.63) is 75.3 Å². The summed E-state index contributed by atoms with van der Waals surface area (Å²) in [5.74, 6) is -0.143. The molecule has 3 rings (SSSR count). The maximum absolute atomic E-state index is 11.9. The third kappa shape index (κ3) is 4.72. The van der Waals surface area contributed by atoms with Crippen LogP contribution in [0.15, 0.2) is 54.6 Å². The molecule has 144 valence electrons.